The molecule has 18 heavy (non-hydrogen) atoms. The summed E-state index contributed by atoms with van der Waals surface area (Å²) in [6, 6.07) is 5.09. The molecule has 0 radical (unpaired) electrons. The van der Waals surface area contributed by atoms with Gasteiger partial charge < -0.3 is 5.73 Å². The van der Waals surface area contributed by atoms with E-state index in [0.29, 0.717) is 18.3 Å². The van der Waals surface area contributed by atoms with Gasteiger partial charge in [-0.25, -0.2) is 0 Å². The van der Waals surface area contributed by atoms with Crippen molar-refractivity contribution in [2.75, 3.05) is 12.8 Å². The maximum Gasteiger partial charge on any atom is 0.269 e. The topological polar surface area (TPSA) is 72.4 Å². The zero-order chi connectivity index (χ0) is 13.7. The van der Waals surface area contributed by atoms with Crippen LogP contribution in [0.15, 0.2) is 18.2 Å². The van der Waals surface area contributed by atoms with Gasteiger partial charge in [0.1, 0.15) is 0 Å². The van der Waals surface area contributed by atoms with E-state index >= 15 is 0 Å². The number of nitro groups is 1. The predicted octanol–water partition coefficient (Wildman–Crippen LogP) is 2.80. The Morgan fingerprint density at radius 3 is 2.50 bits per heavy atom. The molecule has 0 spiro atoms. The molecule has 0 heterocycles. The summed E-state index contributed by atoms with van der Waals surface area (Å²) >= 11 is 0. The number of benzene rings is 1. The Labute approximate surface area is 108 Å². The molecule has 0 aliphatic rings. The Balaban J connectivity index is 2.89. The second kappa shape index (κ2) is 6.35. The third kappa shape index (κ3) is 3.43. The minimum absolute atomic E-state index is 0.0946. The van der Waals surface area contributed by atoms with E-state index in [0.717, 1.165) is 18.4 Å². The molecule has 100 valence electrons. The largest absolute Gasteiger partial charge is 0.398 e. The van der Waals surface area contributed by atoms with Gasteiger partial charge in [-0.1, -0.05) is 13.8 Å². The molecule has 0 fully saturated rings. The molecule has 2 N–H and O–H groups in total. The molecule has 0 bridgehead atoms. The summed E-state index contributed by atoms with van der Waals surface area (Å²) in [5, 5.41) is 10.7. The predicted molar refractivity (Wildman–Crippen MR) is 73.3 cm³/mol. The summed E-state index contributed by atoms with van der Waals surface area (Å²) in [5.74, 6) is 0. The smallest absolute Gasteiger partial charge is 0.269 e. The fourth-order valence-electron chi connectivity index (χ4n) is 2.15. The van der Waals surface area contributed by atoms with Crippen molar-refractivity contribution in [3.05, 3.63) is 33.9 Å². The van der Waals surface area contributed by atoms with E-state index < -0.39 is 0 Å². The first kappa shape index (κ1) is 14.4. The van der Waals surface area contributed by atoms with Crippen LogP contribution in [-0.4, -0.2) is 22.9 Å². The molecule has 0 atom stereocenters. The van der Waals surface area contributed by atoms with E-state index in [1.807, 2.05) is 7.05 Å². The van der Waals surface area contributed by atoms with Crippen molar-refractivity contribution >= 4 is 11.4 Å². The monoisotopic (exact) mass is 251 g/mol. The zero-order valence-electron chi connectivity index (χ0n) is 11.2. The maximum atomic E-state index is 10.7. The fourth-order valence-corrected chi connectivity index (χ4v) is 2.15. The Morgan fingerprint density at radius 1 is 1.39 bits per heavy atom. The molecule has 0 aliphatic carbocycles. The fraction of sp³-hybridized carbons (Fsp3) is 0.538. The van der Waals surface area contributed by atoms with Crippen molar-refractivity contribution in [3.8, 4) is 0 Å². The van der Waals surface area contributed by atoms with Gasteiger partial charge in [-0.2, -0.15) is 0 Å². The van der Waals surface area contributed by atoms with Crippen LogP contribution in [0.1, 0.15) is 32.3 Å². The van der Waals surface area contributed by atoms with Crippen molar-refractivity contribution in [2.45, 2.75) is 39.3 Å². The number of non-ortho nitro benzene ring substituents is 1. The zero-order valence-corrected chi connectivity index (χ0v) is 11.2. The van der Waals surface area contributed by atoms with Gasteiger partial charge in [0.25, 0.3) is 5.69 Å². The molecule has 1 rings (SSSR count). The average molecular weight is 251 g/mol. The Hall–Kier alpha value is -1.62. The van der Waals surface area contributed by atoms with Crippen LogP contribution in [0.4, 0.5) is 11.4 Å². The van der Waals surface area contributed by atoms with Gasteiger partial charge in [0.15, 0.2) is 0 Å². The van der Waals surface area contributed by atoms with E-state index in [-0.39, 0.29) is 10.6 Å². The molecule has 1 aromatic rings. The highest BCUT2D eigenvalue weighted by molar-refractivity contribution is 5.52. The third-order valence-corrected chi connectivity index (χ3v) is 3.32. The van der Waals surface area contributed by atoms with Crippen molar-refractivity contribution in [3.63, 3.8) is 0 Å². The van der Waals surface area contributed by atoms with Crippen LogP contribution in [0.5, 0.6) is 0 Å². The van der Waals surface area contributed by atoms with Crippen molar-refractivity contribution in [2.24, 2.45) is 0 Å². The molecular weight excluding hydrogens is 230 g/mol. The molecule has 0 unspecified atom stereocenters. The summed E-state index contributed by atoms with van der Waals surface area (Å²) in [4.78, 5) is 12.5. The van der Waals surface area contributed by atoms with Gasteiger partial charge in [0.05, 0.1) is 4.92 Å². The van der Waals surface area contributed by atoms with E-state index in [9.17, 15) is 10.1 Å². The van der Waals surface area contributed by atoms with Crippen LogP contribution in [-0.2, 0) is 6.54 Å². The SMILES string of the molecule is CCC(CC)N(C)Cc1cc([N+](=O)[O-])ccc1N. The first-order chi connectivity index (χ1) is 8.49. The minimum Gasteiger partial charge on any atom is -0.398 e. The number of nitrogens with two attached hydrogens (primary N) is 1. The van der Waals surface area contributed by atoms with Crippen LogP contribution >= 0.6 is 0 Å². The van der Waals surface area contributed by atoms with Crippen LogP contribution in [0.25, 0.3) is 0 Å². The quantitative estimate of drug-likeness (QED) is 0.479. The Morgan fingerprint density at radius 2 is 2.00 bits per heavy atom. The van der Waals surface area contributed by atoms with Gasteiger partial charge >= 0.3 is 0 Å². The first-order valence-electron chi connectivity index (χ1n) is 6.22. The van der Waals surface area contributed by atoms with E-state index in [4.69, 9.17) is 5.73 Å². The highest BCUT2D eigenvalue weighted by atomic mass is 16.6. The second-order valence-electron chi connectivity index (χ2n) is 4.53. The number of rotatable bonds is 6. The highest BCUT2D eigenvalue weighted by Crippen LogP contribution is 2.22. The van der Waals surface area contributed by atoms with Gasteiger partial charge in [0, 0.05) is 30.4 Å². The molecular formula is C13H21N3O2. The Bertz CT molecular complexity index is 417. The normalized spacial score (nSPS) is 11.2. The number of anilines is 1. The van der Waals surface area contributed by atoms with Gasteiger partial charge in [-0.05, 0) is 31.5 Å². The standard InChI is InChI=1S/C13H21N3O2/c1-4-11(5-2)15(3)9-10-8-12(16(17)18)6-7-13(10)14/h6-8,11H,4-5,9,14H2,1-3H3. The van der Waals surface area contributed by atoms with Gasteiger partial charge in [0.2, 0.25) is 0 Å². The molecule has 0 aliphatic heterocycles. The summed E-state index contributed by atoms with van der Waals surface area (Å²) in [5.41, 5.74) is 7.39. The van der Waals surface area contributed by atoms with Crippen LogP contribution < -0.4 is 5.73 Å². The lowest BCUT2D eigenvalue weighted by Crippen LogP contribution is -2.30. The van der Waals surface area contributed by atoms with Crippen LogP contribution in [0.2, 0.25) is 0 Å². The van der Waals surface area contributed by atoms with Gasteiger partial charge in [-0.15, -0.1) is 0 Å². The third-order valence-electron chi connectivity index (χ3n) is 3.32. The Kier molecular flexibility index (Phi) is 5.09. The van der Waals surface area contributed by atoms with Crippen molar-refractivity contribution in [1.29, 1.82) is 0 Å². The van der Waals surface area contributed by atoms with Crippen molar-refractivity contribution < 1.29 is 4.92 Å². The summed E-state index contributed by atoms with van der Waals surface area (Å²) in [7, 11) is 2.02. The van der Waals surface area contributed by atoms with E-state index in [1.165, 1.54) is 6.07 Å². The molecule has 0 amide bonds. The number of nitrogens with zero attached hydrogens (tertiary/aromatic N) is 2. The number of nitrogen functional groups attached to an aromatic ring is 1. The van der Waals surface area contributed by atoms with Gasteiger partial charge in [-0.3, -0.25) is 15.0 Å². The van der Waals surface area contributed by atoms with Crippen LogP contribution in [0, 0.1) is 10.1 Å². The molecule has 1 aromatic carbocycles. The summed E-state index contributed by atoms with van der Waals surface area (Å²) in [6.45, 7) is 4.92. The average Bonchev–Trinajstić information content (AvgIpc) is 2.33. The second-order valence-corrected chi connectivity index (χ2v) is 4.53. The van der Waals surface area contributed by atoms with Crippen molar-refractivity contribution in [1.82, 2.24) is 4.90 Å². The maximum absolute atomic E-state index is 10.7. The van der Waals surface area contributed by atoms with Crippen LogP contribution in [0.3, 0.4) is 0 Å². The van der Waals surface area contributed by atoms with E-state index in [2.05, 4.69) is 18.7 Å². The number of hydrogen-bond donors (Lipinski definition) is 1. The summed E-state index contributed by atoms with van der Waals surface area (Å²) in [6.07, 6.45) is 2.11. The molecule has 5 heteroatoms. The molecule has 0 saturated carbocycles. The minimum atomic E-state index is -0.389. The molecule has 0 aromatic heterocycles. The van der Waals surface area contributed by atoms with E-state index in [1.54, 1.807) is 12.1 Å². The highest BCUT2D eigenvalue weighted by Gasteiger charge is 2.14. The first-order valence-corrected chi connectivity index (χ1v) is 6.22. The number of hydrogen-bond acceptors (Lipinski definition) is 4. The number of nitro benzene ring substituents is 1. The summed E-state index contributed by atoms with van der Waals surface area (Å²) < 4.78 is 0. The lowest BCUT2D eigenvalue weighted by Gasteiger charge is -2.26. The molecule has 0 saturated heterocycles. The lowest BCUT2D eigenvalue weighted by molar-refractivity contribution is -0.384. The molecule has 5 nitrogen and oxygen atoms in total. The lowest BCUT2D eigenvalue weighted by atomic mass is 10.1.